The van der Waals surface area contributed by atoms with E-state index < -0.39 is 0 Å². The summed E-state index contributed by atoms with van der Waals surface area (Å²) in [7, 11) is 0. The average Bonchev–Trinajstić information content (AvgIpc) is 3.09. The average molecular weight is 691 g/mol. The summed E-state index contributed by atoms with van der Waals surface area (Å²) in [5.74, 6) is 0.533. The molecule has 0 aromatic heterocycles. The third-order valence-corrected chi connectivity index (χ3v) is 10.8. The van der Waals surface area contributed by atoms with Crippen molar-refractivity contribution in [2.75, 3.05) is 19.8 Å². The van der Waals surface area contributed by atoms with E-state index in [1.165, 1.54) is 167 Å². The van der Waals surface area contributed by atoms with Crippen molar-refractivity contribution in [1.82, 2.24) is 0 Å². The molecule has 3 nitrogen and oxygen atoms in total. The Labute approximate surface area is 309 Å². The van der Waals surface area contributed by atoms with Crippen molar-refractivity contribution in [3.8, 4) is 0 Å². The zero-order valence-electron chi connectivity index (χ0n) is 34.3. The molecule has 0 spiro atoms. The summed E-state index contributed by atoms with van der Waals surface area (Å²) in [4.78, 5) is 0. The molecule has 0 aliphatic heterocycles. The van der Waals surface area contributed by atoms with Crippen molar-refractivity contribution in [3.63, 3.8) is 0 Å². The molecule has 0 fully saturated rings. The van der Waals surface area contributed by atoms with Crippen molar-refractivity contribution in [2.45, 2.75) is 240 Å². The van der Waals surface area contributed by atoms with Gasteiger partial charge in [0.25, 0.3) is 0 Å². The standard InChI is InChI=1S/C46H90O3/c1-6-8-10-12-14-16-18-20-22-24-26-28-30-32-34-36-42-48-45(39-38-44(3)46(4,5)40-41-47)49-43-37-35-33-31-29-27-25-23-21-19-17-15-13-11-9-7-2/h20-23,44-45,47H,6-19,24-43H2,1-5H3/b22-20-,23-21-. The molecule has 0 bridgehead atoms. The molecular weight excluding hydrogens is 601 g/mol. The first kappa shape index (κ1) is 48.4. The fourth-order valence-electron chi connectivity index (χ4n) is 6.65. The highest BCUT2D eigenvalue weighted by Crippen LogP contribution is 2.34. The van der Waals surface area contributed by atoms with Gasteiger partial charge < -0.3 is 14.6 Å². The van der Waals surface area contributed by atoms with Crippen molar-refractivity contribution >= 4 is 0 Å². The van der Waals surface area contributed by atoms with Crippen LogP contribution >= 0.6 is 0 Å². The fourth-order valence-corrected chi connectivity index (χ4v) is 6.65. The van der Waals surface area contributed by atoms with Crippen LogP contribution in [-0.2, 0) is 9.47 Å². The minimum Gasteiger partial charge on any atom is -0.396 e. The van der Waals surface area contributed by atoms with Crippen LogP contribution in [0.4, 0.5) is 0 Å². The number of unbranched alkanes of at least 4 members (excludes halogenated alkanes) is 24. The van der Waals surface area contributed by atoms with Gasteiger partial charge in [0.2, 0.25) is 0 Å². The molecule has 1 unspecified atom stereocenters. The second kappa shape index (κ2) is 38.6. The molecular formula is C46H90O3. The van der Waals surface area contributed by atoms with E-state index in [9.17, 15) is 5.11 Å². The first-order valence-electron chi connectivity index (χ1n) is 22.1. The van der Waals surface area contributed by atoms with Gasteiger partial charge in [0, 0.05) is 19.8 Å². The SMILES string of the molecule is CCCCCCCC/C=C\CCCCCCCCOC(CCC(C)C(C)(C)CCO)OCCCCCCCC/C=C\CCCCCCCC. The van der Waals surface area contributed by atoms with E-state index in [1.807, 2.05) is 0 Å². The number of aliphatic hydroxyl groups is 1. The third-order valence-electron chi connectivity index (χ3n) is 10.8. The van der Waals surface area contributed by atoms with Gasteiger partial charge in [-0.2, -0.15) is 0 Å². The Morgan fingerprint density at radius 2 is 0.796 bits per heavy atom. The fraction of sp³-hybridized carbons (Fsp3) is 0.913. The van der Waals surface area contributed by atoms with Crippen molar-refractivity contribution < 1.29 is 14.6 Å². The minimum atomic E-state index is -0.0846. The lowest BCUT2D eigenvalue weighted by Gasteiger charge is -2.32. The highest BCUT2D eigenvalue weighted by atomic mass is 16.7. The number of ether oxygens (including phenoxy) is 2. The third kappa shape index (κ3) is 35.5. The molecule has 49 heavy (non-hydrogen) atoms. The number of hydrogen-bond donors (Lipinski definition) is 1. The van der Waals surface area contributed by atoms with E-state index >= 15 is 0 Å². The van der Waals surface area contributed by atoms with Gasteiger partial charge in [-0.3, -0.25) is 0 Å². The molecule has 292 valence electrons. The zero-order chi connectivity index (χ0) is 35.9. The maximum atomic E-state index is 9.50. The summed E-state index contributed by atoms with van der Waals surface area (Å²) < 4.78 is 12.7. The lowest BCUT2D eigenvalue weighted by atomic mass is 9.75. The van der Waals surface area contributed by atoms with E-state index in [0.717, 1.165) is 45.3 Å². The molecule has 0 aliphatic carbocycles. The van der Waals surface area contributed by atoms with Crippen LogP contribution < -0.4 is 0 Å². The minimum absolute atomic E-state index is 0.0846. The number of hydrogen-bond acceptors (Lipinski definition) is 3. The largest absolute Gasteiger partial charge is 0.396 e. The summed E-state index contributed by atoms with van der Waals surface area (Å²) >= 11 is 0. The highest BCUT2D eigenvalue weighted by Gasteiger charge is 2.26. The topological polar surface area (TPSA) is 38.7 Å². The van der Waals surface area contributed by atoms with Gasteiger partial charge in [-0.05, 0) is 94.8 Å². The van der Waals surface area contributed by atoms with Gasteiger partial charge >= 0.3 is 0 Å². The molecule has 0 saturated carbocycles. The van der Waals surface area contributed by atoms with Gasteiger partial charge in [0.1, 0.15) is 0 Å². The maximum Gasteiger partial charge on any atom is 0.157 e. The molecule has 1 atom stereocenters. The highest BCUT2D eigenvalue weighted by molar-refractivity contribution is 4.82. The lowest BCUT2D eigenvalue weighted by Crippen LogP contribution is -2.26. The van der Waals surface area contributed by atoms with Crippen LogP contribution in [0.3, 0.4) is 0 Å². The molecule has 0 aliphatic rings. The second-order valence-corrected chi connectivity index (χ2v) is 16.0. The predicted molar refractivity (Wildman–Crippen MR) is 218 cm³/mol. The maximum absolute atomic E-state index is 9.50. The molecule has 3 heteroatoms. The van der Waals surface area contributed by atoms with Crippen LogP contribution in [0.2, 0.25) is 0 Å². The Kier molecular flexibility index (Phi) is 38.1. The van der Waals surface area contributed by atoms with Gasteiger partial charge in [-0.25, -0.2) is 0 Å². The van der Waals surface area contributed by atoms with Gasteiger partial charge in [0.15, 0.2) is 6.29 Å². The summed E-state index contributed by atoms with van der Waals surface area (Å²) in [6.45, 7) is 13.4. The predicted octanol–water partition coefficient (Wildman–Crippen LogP) is 15.2. The number of aliphatic hydroxyl groups excluding tert-OH is 1. The van der Waals surface area contributed by atoms with Crippen molar-refractivity contribution in [2.24, 2.45) is 11.3 Å². The zero-order valence-corrected chi connectivity index (χ0v) is 34.3. The van der Waals surface area contributed by atoms with Crippen LogP contribution in [0, 0.1) is 11.3 Å². The summed E-state index contributed by atoms with van der Waals surface area (Å²) in [6.07, 6.45) is 49.7. The van der Waals surface area contributed by atoms with Crippen molar-refractivity contribution in [1.29, 1.82) is 0 Å². The van der Waals surface area contributed by atoms with Crippen molar-refractivity contribution in [3.05, 3.63) is 24.3 Å². The van der Waals surface area contributed by atoms with E-state index in [4.69, 9.17) is 9.47 Å². The Balaban J connectivity index is 4.02. The normalized spacial score (nSPS) is 13.1. The van der Waals surface area contributed by atoms with Crippen LogP contribution in [0.5, 0.6) is 0 Å². The molecule has 1 N–H and O–H groups in total. The van der Waals surface area contributed by atoms with Crippen LogP contribution in [-0.4, -0.2) is 31.2 Å². The van der Waals surface area contributed by atoms with Gasteiger partial charge in [0.05, 0.1) is 0 Å². The number of allylic oxidation sites excluding steroid dienone is 4. The van der Waals surface area contributed by atoms with E-state index in [0.29, 0.717) is 5.92 Å². The van der Waals surface area contributed by atoms with E-state index in [-0.39, 0.29) is 18.3 Å². The Bertz CT molecular complexity index is 640. The van der Waals surface area contributed by atoms with Crippen LogP contribution in [0.25, 0.3) is 0 Å². The molecule has 0 rings (SSSR count). The monoisotopic (exact) mass is 691 g/mol. The number of rotatable bonds is 40. The molecule has 0 amide bonds. The van der Waals surface area contributed by atoms with Crippen LogP contribution in [0.15, 0.2) is 24.3 Å². The van der Waals surface area contributed by atoms with E-state index in [1.54, 1.807) is 0 Å². The molecule has 0 aromatic carbocycles. The summed E-state index contributed by atoms with van der Waals surface area (Å²) in [6, 6.07) is 0. The Morgan fingerprint density at radius 3 is 1.14 bits per heavy atom. The quantitative estimate of drug-likeness (QED) is 0.0395. The molecule has 0 saturated heterocycles. The molecule has 0 aromatic rings. The molecule has 0 heterocycles. The van der Waals surface area contributed by atoms with E-state index in [2.05, 4.69) is 58.9 Å². The Morgan fingerprint density at radius 1 is 0.469 bits per heavy atom. The smallest absolute Gasteiger partial charge is 0.157 e. The van der Waals surface area contributed by atoms with Crippen LogP contribution in [0.1, 0.15) is 234 Å². The first-order chi connectivity index (χ1) is 24.0. The van der Waals surface area contributed by atoms with Gasteiger partial charge in [-0.1, -0.05) is 174 Å². The summed E-state index contributed by atoms with van der Waals surface area (Å²) in [5, 5.41) is 9.50. The molecule has 0 radical (unpaired) electrons. The van der Waals surface area contributed by atoms with Gasteiger partial charge in [-0.15, -0.1) is 0 Å². The first-order valence-corrected chi connectivity index (χ1v) is 22.1. The lowest BCUT2D eigenvalue weighted by molar-refractivity contribution is -0.150. The second-order valence-electron chi connectivity index (χ2n) is 16.0. The Hall–Kier alpha value is -0.640. The summed E-state index contributed by atoms with van der Waals surface area (Å²) in [5.41, 5.74) is 0.145.